The molecule has 1 spiro atoms. The largest absolute Gasteiger partial charge is 0.507 e. The number of hydrogen-bond donors (Lipinski definition) is 3. The zero-order valence-electron chi connectivity index (χ0n) is 16.0. The Kier molecular flexibility index (Phi) is 5.50. The molecule has 0 aromatic heterocycles. The van der Waals surface area contributed by atoms with Crippen molar-refractivity contribution in [2.24, 2.45) is 0 Å². The summed E-state index contributed by atoms with van der Waals surface area (Å²) in [5, 5.41) is 16.8. The molecule has 2 fully saturated rings. The number of benzene rings is 2. The first kappa shape index (κ1) is 18.8. The van der Waals surface area contributed by atoms with Crippen molar-refractivity contribution < 1.29 is 14.6 Å². The number of carbonyl (C=O) groups is 1. The second-order valence-electron chi connectivity index (χ2n) is 7.61. The number of hydrogen-bond acceptors (Lipinski definition) is 5. The van der Waals surface area contributed by atoms with E-state index in [1.54, 1.807) is 6.07 Å². The first-order chi connectivity index (χ1) is 13.6. The van der Waals surface area contributed by atoms with Crippen LogP contribution in [0.15, 0.2) is 48.5 Å². The maximum atomic E-state index is 12.2. The number of amides is 1. The summed E-state index contributed by atoms with van der Waals surface area (Å²) in [6, 6.07) is 15.5. The molecule has 6 heteroatoms. The van der Waals surface area contributed by atoms with Gasteiger partial charge < -0.3 is 20.5 Å². The summed E-state index contributed by atoms with van der Waals surface area (Å²) in [6.45, 7) is 4.33. The van der Waals surface area contributed by atoms with Crippen molar-refractivity contribution in [3.05, 3.63) is 59.7 Å². The highest BCUT2D eigenvalue weighted by molar-refractivity contribution is 5.87. The maximum absolute atomic E-state index is 12.2. The number of phenolic OH excluding ortho intramolecular Hbond substituents is 1. The van der Waals surface area contributed by atoms with Gasteiger partial charge in [0.1, 0.15) is 23.6 Å². The van der Waals surface area contributed by atoms with Crippen molar-refractivity contribution in [3.63, 3.8) is 0 Å². The van der Waals surface area contributed by atoms with E-state index in [0.29, 0.717) is 25.4 Å². The van der Waals surface area contributed by atoms with E-state index in [0.717, 1.165) is 43.6 Å². The fraction of sp³-hybridized carbons (Fsp3) is 0.409. The molecular weight excluding hydrogens is 354 g/mol. The highest BCUT2D eigenvalue weighted by Gasteiger charge is 2.42. The molecule has 0 radical (unpaired) electrons. The van der Waals surface area contributed by atoms with Crippen LogP contribution in [0.4, 0.5) is 0 Å². The number of nitrogens with one attached hydrogen (secondary N) is 2. The summed E-state index contributed by atoms with van der Waals surface area (Å²) in [6.07, 6.45) is 1.58. The van der Waals surface area contributed by atoms with Gasteiger partial charge in [0, 0.05) is 44.4 Å². The monoisotopic (exact) mass is 381 g/mol. The average Bonchev–Trinajstić information content (AvgIpc) is 2.73. The molecule has 2 saturated heterocycles. The molecule has 2 aromatic carbocycles. The molecule has 2 aliphatic rings. The van der Waals surface area contributed by atoms with Gasteiger partial charge in [-0.1, -0.05) is 36.4 Å². The van der Waals surface area contributed by atoms with Crippen molar-refractivity contribution in [3.8, 4) is 11.5 Å². The average molecular weight is 381 g/mol. The van der Waals surface area contributed by atoms with Crippen LogP contribution in [0.2, 0.25) is 0 Å². The van der Waals surface area contributed by atoms with Gasteiger partial charge in [0.2, 0.25) is 5.91 Å². The molecule has 148 valence electrons. The molecule has 0 saturated carbocycles. The summed E-state index contributed by atoms with van der Waals surface area (Å²) < 4.78 is 5.78. The van der Waals surface area contributed by atoms with Crippen LogP contribution in [-0.4, -0.2) is 47.6 Å². The van der Waals surface area contributed by atoms with E-state index in [9.17, 15) is 9.90 Å². The van der Waals surface area contributed by atoms with E-state index in [-0.39, 0.29) is 11.7 Å². The van der Waals surface area contributed by atoms with Crippen LogP contribution in [0.1, 0.15) is 24.0 Å². The summed E-state index contributed by atoms with van der Waals surface area (Å²) in [7, 11) is 0. The molecule has 2 heterocycles. The minimum atomic E-state index is -0.411. The molecule has 28 heavy (non-hydrogen) atoms. The van der Waals surface area contributed by atoms with Crippen molar-refractivity contribution in [2.45, 2.75) is 31.5 Å². The van der Waals surface area contributed by atoms with Crippen LogP contribution in [0, 0.1) is 0 Å². The first-order valence-corrected chi connectivity index (χ1v) is 9.89. The van der Waals surface area contributed by atoms with Gasteiger partial charge in [0.15, 0.2) is 0 Å². The van der Waals surface area contributed by atoms with Crippen molar-refractivity contribution in [1.29, 1.82) is 0 Å². The van der Waals surface area contributed by atoms with Gasteiger partial charge in [-0.25, -0.2) is 0 Å². The van der Waals surface area contributed by atoms with Crippen molar-refractivity contribution in [1.82, 2.24) is 15.5 Å². The number of nitrogens with zero attached hydrogens (tertiary/aromatic N) is 1. The second-order valence-corrected chi connectivity index (χ2v) is 7.61. The lowest BCUT2D eigenvalue weighted by atomic mass is 9.85. The lowest BCUT2D eigenvalue weighted by Gasteiger charge is -2.43. The van der Waals surface area contributed by atoms with Gasteiger partial charge in [-0.2, -0.15) is 0 Å². The Morgan fingerprint density at radius 3 is 2.57 bits per heavy atom. The highest BCUT2D eigenvalue weighted by Crippen LogP contribution is 2.29. The molecule has 0 atom stereocenters. The number of rotatable bonds is 5. The van der Waals surface area contributed by atoms with Gasteiger partial charge in [0.25, 0.3) is 0 Å². The van der Waals surface area contributed by atoms with E-state index in [2.05, 4.69) is 15.5 Å². The van der Waals surface area contributed by atoms with Gasteiger partial charge in [-0.3, -0.25) is 9.69 Å². The summed E-state index contributed by atoms with van der Waals surface area (Å²) in [4.78, 5) is 14.5. The molecule has 6 nitrogen and oxygen atoms in total. The van der Waals surface area contributed by atoms with Crippen LogP contribution in [0.3, 0.4) is 0 Å². The third kappa shape index (κ3) is 4.13. The highest BCUT2D eigenvalue weighted by atomic mass is 16.5. The Balaban J connectivity index is 1.32. The molecule has 2 aliphatic heterocycles. The van der Waals surface area contributed by atoms with Crippen LogP contribution in [0.5, 0.6) is 11.5 Å². The normalized spacial score (nSPS) is 19.4. The number of ether oxygens (including phenoxy) is 1. The number of piperazine rings is 1. The standard InChI is InChI=1S/C22H27N3O3/c26-20-14-19(28-16-17-4-2-1-3-5-17)7-6-18(20)15-25-12-8-22(9-13-25)21(27)23-10-11-24-22/h1-7,14,24,26H,8-13,15-16H2,(H,23,27). The Morgan fingerprint density at radius 1 is 1.07 bits per heavy atom. The van der Waals surface area contributed by atoms with Gasteiger partial charge in [-0.05, 0) is 24.5 Å². The predicted molar refractivity (Wildman–Crippen MR) is 107 cm³/mol. The fourth-order valence-corrected chi connectivity index (χ4v) is 3.97. The third-order valence-electron chi connectivity index (χ3n) is 5.72. The lowest BCUT2D eigenvalue weighted by molar-refractivity contribution is -0.131. The molecule has 0 bridgehead atoms. The van der Waals surface area contributed by atoms with Gasteiger partial charge >= 0.3 is 0 Å². The Morgan fingerprint density at radius 2 is 1.86 bits per heavy atom. The van der Waals surface area contributed by atoms with E-state index in [4.69, 9.17) is 4.74 Å². The molecule has 4 rings (SSSR count). The van der Waals surface area contributed by atoms with Crippen molar-refractivity contribution in [2.75, 3.05) is 26.2 Å². The van der Waals surface area contributed by atoms with Gasteiger partial charge in [0.05, 0.1) is 0 Å². The number of likely N-dealkylation sites (tertiary alicyclic amines) is 1. The lowest BCUT2D eigenvalue weighted by Crippen LogP contribution is -2.66. The summed E-state index contributed by atoms with van der Waals surface area (Å²) in [5.74, 6) is 1.03. The number of aromatic hydroxyl groups is 1. The number of piperidine rings is 1. The topological polar surface area (TPSA) is 73.8 Å². The minimum Gasteiger partial charge on any atom is -0.507 e. The number of phenols is 1. The molecular formula is C22H27N3O3. The van der Waals surface area contributed by atoms with E-state index in [1.165, 1.54) is 0 Å². The molecule has 3 N–H and O–H groups in total. The quantitative estimate of drug-likeness (QED) is 0.739. The van der Waals surface area contributed by atoms with Crippen LogP contribution >= 0.6 is 0 Å². The van der Waals surface area contributed by atoms with E-state index >= 15 is 0 Å². The Bertz CT molecular complexity index is 817. The smallest absolute Gasteiger partial charge is 0.240 e. The van der Waals surface area contributed by atoms with Crippen LogP contribution in [0.25, 0.3) is 0 Å². The van der Waals surface area contributed by atoms with Gasteiger partial charge in [-0.15, -0.1) is 0 Å². The Hall–Kier alpha value is -2.57. The van der Waals surface area contributed by atoms with Crippen LogP contribution in [-0.2, 0) is 17.9 Å². The predicted octanol–water partition coefficient (Wildman–Crippen LogP) is 2.03. The maximum Gasteiger partial charge on any atom is 0.240 e. The second kappa shape index (κ2) is 8.20. The summed E-state index contributed by atoms with van der Waals surface area (Å²) >= 11 is 0. The van der Waals surface area contributed by atoms with E-state index < -0.39 is 5.54 Å². The van der Waals surface area contributed by atoms with Crippen molar-refractivity contribution >= 4 is 5.91 Å². The molecule has 0 unspecified atom stereocenters. The summed E-state index contributed by atoms with van der Waals surface area (Å²) in [5.41, 5.74) is 1.56. The number of carbonyl (C=O) groups excluding carboxylic acids is 1. The molecule has 0 aliphatic carbocycles. The SMILES string of the molecule is O=C1NCCNC12CCN(Cc1ccc(OCc3ccccc3)cc1O)CC2. The minimum absolute atomic E-state index is 0.126. The zero-order valence-corrected chi connectivity index (χ0v) is 16.0. The zero-order chi connectivity index (χ0) is 19.4. The third-order valence-corrected chi connectivity index (χ3v) is 5.72. The molecule has 2 aromatic rings. The van der Waals surface area contributed by atoms with E-state index in [1.807, 2.05) is 42.5 Å². The van der Waals surface area contributed by atoms with Crippen LogP contribution < -0.4 is 15.4 Å². The fourth-order valence-electron chi connectivity index (χ4n) is 3.97. The first-order valence-electron chi connectivity index (χ1n) is 9.89. The molecule has 1 amide bonds. The Labute approximate surface area is 165 Å².